The Morgan fingerprint density at radius 1 is 1.16 bits per heavy atom. The quantitative estimate of drug-likeness (QED) is 0.526. The van der Waals surface area contributed by atoms with E-state index in [2.05, 4.69) is 5.32 Å². The minimum atomic E-state index is -5.08. The summed E-state index contributed by atoms with van der Waals surface area (Å²) in [6.45, 7) is 1.76. The van der Waals surface area contributed by atoms with Gasteiger partial charge in [0, 0.05) is 30.2 Å². The number of halogens is 5. The second-order valence-electron chi connectivity index (χ2n) is 6.50. The van der Waals surface area contributed by atoms with Crippen LogP contribution in [0.2, 0.25) is 5.02 Å². The van der Waals surface area contributed by atoms with E-state index in [4.69, 9.17) is 26.2 Å². The predicted octanol–water partition coefficient (Wildman–Crippen LogP) is 3.79. The molecule has 172 valence electrons. The third-order valence-corrected chi connectivity index (χ3v) is 6.38. The molecule has 1 aromatic heterocycles. The molecule has 2 aromatic carbocycles. The molecule has 7 nitrogen and oxygen atoms in total. The largest absolute Gasteiger partial charge is 0.492 e. The molecule has 3 aromatic rings. The Morgan fingerprint density at radius 3 is 2.38 bits per heavy atom. The van der Waals surface area contributed by atoms with Gasteiger partial charge in [0.05, 0.1) is 15.4 Å². The Kier molecular flexibility index (Phi) is 6.67. The lowest BCUT2D eigenvalue weighted by Gasteiger charge is -2.10. The van der Waals surface area contributed by atoms with E-state index in [1.165, 1.54) is 18.3 Å². The number of rotatable bonds is 2. The fourth-order valence-corrected chi connectivity index (χ4v) is 4.71. The van der Waals surface area contributed by atoms with Crippen LogP contribution in [0.15, 0.2) is 47.5 Å². The molecule has 4 rings (SSSR count). The molecular weight excluding hydrogens is 480 g/mol. The van der Waals surface area contributed by atoms with Crippen molar-refractivity contribution in [1.82, 2.24) is 9.29 Å². The second kappa shape index (κ2) is 8.96. The van der Waals surface area contributed by atoms with Gasteiger partial charge in [-0.1, -0.05) is 11.6 Å². The van der Waals surface area contributed by atoms with Gasteiger partial charge in [-0.3, -0.25) is 0 Å². The first-order chi connectivity index (χ1) is 14.9. The van der Waals surface area contributed by atoms with Gasteiger partial charge in [-0.05, 0) is 36.4 Å². The number of nitrogens with one attached hydrogen (secondary N) is 1. The van der Waals surface area contributed by atoms with E-state index >= 15 is 0 Å². The third kappa shape index (κ3) is 4.81. The van der Waals surface area contributed by atoms with Crippen LogP contribution in [0.25, 0.3) is 10.9 Å². The predicted molar refractivity (Wildman–Crippen MR) is 107 cm³/mol. The van der Waals surface area contributed by atoms with Gasteiger partial charge in [0.15, 0.2) is 0 Å². The average molecular weight is 495 g/mol. The molecule has 0 saturated carbocycles. The van der Waals surface area contributed by atoms with Crippen molar-refractivity contribution in [2.24, 2.45) is 0 Å². The molecule has 0 atom stereocenters. The van der Waals surface area contributed by atoms with Crippen LogP contribution >= 0.6 is 11.6 Å². The van der Waals surface area contributed by atoms with Crippen LogP contribution in [0, 0.1) is 5.82 Å². The number of carboxylic acid groups (broad SMARTS) is 1. The summed E-state index contributed by atoms with van der Waals surface area (Å²) in [5.74, 6) is -2.56. The number of aliphatic carboxylic acids is 1. The van der Waals surface area contributed by atoms with Crippen molar-refractivity contribution in [2.45, 2.75) is 17.6 Å². The van der Waals surface area contributed by atoms with Gasteiger partial charge in [0.2, 0.25) is 0 Å². The van der Waals surface area contributed by atoms with E-state index in [1.807, 2.05) is 0 Å². The Bertz CT molecular complexity index is 1260. The van der Waals surface area contributed by atoms with Gasteiger partial charge in [-0.2, -0.15) is 13.2 Å². The molecule has 0 unspecified atom stereocenters. The summed E-state index contributed by atoms with van der Waals surface area (Å²) in [5.41, 5.74) is 1.29. The molecule has 32 heavy (non-hydrogen) atoms. The van der Waals surface area contributed by atoms with Crippen molar-refractivity contribution in [3.05, 3.63) is 59.0 Å². The monoisotopic (exact) mass is 494 g/mol. The molecule has 2 N–H and O–H groups in total. The Labute approximate surface area is 184 Å². The molecule has 0 amide bonds. The number of carboxylic acids is 1. The van der Waals surface area contributed by atoms with Gasteiger partial charge in [0.1, 0.15) is 18.2 Å². The van der Waals surface area contributed by atoms with E-state index < -0.39 is 28.0 Å². The van der Waals surface area contributed by atoms with Crippen LogP contribution in [-0.4, -0.2) is 42.8 Å². The Hall–Kier alpha value is -2.83. The standard InChI is InChI=1S/C17H14ClFN2O3S.C2HF3O2/c18-14-10-21(25(22,23)12-3-1-11(19)2-4-12)15-5-6-16-13(17(14)15)9-20-7-8-24-16;3-2(4,5)1(6)7/h1-6,10,20H,7-9H2;(H,6,7). The van der Waals surface area contributed by atoms with E-state index in [-0.39, 0.29) is 4.90 Å². The number of benzene rings is 2. The molecule has 2 heterocycles. The van der Waals surface area contributed by atoms with Crippen molar-refractivity contribution in [3.8, 4) is 5.75 Å². The van der Waals surface area contributed by atoms with E-state index in [0.717, 1.165) is 21.7 Å². The lowest BCUT2D eigenvalue weighted by atomic mass is 10.1. The molecule has 13 heteroatoms. The topological polar surface area (TPSA) is 97.6 Å². The first-order valence-electron chi connectivity index (χ1n) is 8.90. The molecule has 0 saturated heterocycles. The van der Waals surface area contributed by atoms with Crippen LogP contribution in [0.5, 0.6) is 5.75 Å². The number of nitrogens with zero attached hydrogens (tertiary/aromatic N) is 1. The van der Waals surface area contributed by atoms with Gasteiger partial charge in [-0.15, -0.1) is 0 Å². The molecule has 1 aliphatic heterocycles. The van der Waals surface area contributed by atoms with E-state index in [0.29, 0.717) is 41.4 Å². The summed E-state index contributed by atoms with van der Waals surface area (Å²) in [5, 5.41) is 11.3. The van der Waals surface area contributed by atoms with Crippen molar-refractivity contribution in [2.75, 3.05) is 13.2 Å². The highest BCUT2D eigenvalue weighted by atomic mass is 35.5. The SMILES string of the molecule is O=C(O)C(F)(F)F.O=S(=O)(c1ccc(F)cc1)n1cc(Cl)c2c3c(ccc21)OCCNC3. The smallest absolute Gasteiger partial charge is 0.490 e. The number of ether oxygens (including phenoxy) is 1. The lowest BCUT2D eigenvalue weighted by Crippen LogP contribution is -2.21. The van der Waals surface area contributed by atoms with Crippen LogP contribution < -0.4 is 10.1 Å². The molecule has 1 aliphatic rings. The zero-order valence-corrected chi connectivity index (χ0v) is 17.6. The van der Waals surface area contributed by atoms with E-state index in [9.17, 15) is 26.0 Å². The number of fused-ring (bicyclic) bond motifs is 3. The van der Waals surface area contributed by atoms with Gasteiger partial charge >= 0.3 is 12.1 Å². The highest BCUT2D eigenvalue weighted by Gasteiger charge is 2.38. The van der Waals surface area contributed by atoms with Crippen LogP contribution in [0.3, 0.4) is 0 Å². The fourth-order valence-electron chi connectivity index (χ4n) is 2.98. The highest BCUT2D eigenvalue weighted by Crippen LogP contribution is 2.37. The zero-order chi connectivity index (χ0) is 23.7. The normalized spacial score (nSPS) is 14.0. The van der Waals surface area contributed by atoms with E-state index in [1.54, 1.807) is 12.1 Å². The second-order valence-corrected chi connectivity index (χ2v) is 8.72. The summed E-state index contributed by atoms with van der Waals surface area (Å²) in [7, 11) is -3.89. The van der Waals surface area contributed by atoms with Crippen LogP contribution in [0.4, 0.5) is 17.6 Å². The maximum Gasteiger partial charge on any atom is 0.490 e. The number of aromatic nitrogens is 1. The molecule has 0 bridgehead atoms. The first-order valence-corrected chi connectivity index (χ1v) is 10.7. The van der Waals surface area contributed by atoms with Crippen molar-refractivity contribution in [1.29, 1.82) is 0 Å². The number of hydrogen-bond acceptors (Lipinski definition) is 5. The first kappa shape index (κ1) is 23.8. The summed E-state index contributed by atoms with van der Waals surface area (Å²) in [6, 6.07) is 8.12. The molecular formula is C19H15ClF4N2O5S. The summed E-state index contributed by atoms with van der Waals surface area (Å²) < 4.78 is 77.6. The third-order valence-electron chi connectivity index (χ3n) is 4.41. The Morgan fingerprint density at radius 2 is 1.78 bits per heavy atom. The molecule has 0 radical (unpaired) electrons. The van der Waals surface area contributed by atoms with Gasteiger partial charge in [0.25, 0.3) is 10.0 Å². The fraction of sp³-hybridized carbons (Fsp3) is 0.211. The number of hydrogen-bond donors (Lipinski definition) is 2. The Balaban J connectivity index is 0.000000360. The minimum Gasteiger partial charge on any atom is -0.492 e. The minimum absolute atomic E-state index is 0.00761. The molecule has 0 spiro atoms. The van der Waals surface area contributed by atoms with Crippen molar-refractivity contribution < 1.29 is 40.6 Å². The van der Waals surface area contributed by atoms with Crippen molar-refractivity contribution in [3.63, 3.8) is 0 Å². The van der Waals surface area contributed by atoms with Crippen LogP contribution in [0.1, 0.15) is 5.56 Å². The maximum atomic E-state index is 13.1. The lowest BCUT2D eigenvalue weighted by molar-refractivity contribution is -0.192. The number of alkyl halides is 3. The van der Waals surface area contributed by atoms with Crippen molar-refractivity contribution >= 4 is 38.5 Å². The van der Waals surface area contributed by atoms with Gasteiger partial charge in [-0.25, -0.2) is 21.6 Å². The number of carbonyl (C=O) groups is 1. The maximum absolute atomic E-state index is 13.1. The molecule has 0 fully saturated rings. The highest BCUT2D eigenvalue weighted by molar-refractivity contribution is 7.90. The van der Waals surface area contributed by atoms with Gasteiger partial charge < -0.3 is 15.2 Å². The molecule has 0 aliphatic carbocycles. The average Bonchev–Trinajstić information content (AvgIpc) is 2.90. The van der Waals surface area contributed by atoms with Crippen LogP contribution in [-0.2, 0) is 21.4 Å². The summed E-state index contributed by atoms with van der Waals surface area (Å²) in [4.78, 5) is 8.89. The zero-order valence-electron chi connectivity index (χ0n) is 16.0. The summed E-state index contributed by atoms with van der Waals surface area (Å²) >= 11 is 6.36. The summed E-state index contributed by atoms with van der Waals surface area (Å²) in [6.07, 6.45) is -3.71.